The number of carbonyl (C=O) groups excluding carboxylic acids is 1. The van der Waals surface area contributed by atoms with Gasteiger partial charge in [0, 0.05) is 19.6 Å². The summed E-state index contributed by atoms with van der Waals surface area (Å²) in [5.74, 6) is 0.662. The SMILES string of the molecule is O=CCCC1CCOC1. The maximum atomic E-state index is 9.92. The van der Waals surface area contributed by atoms with Gasteiger partial charge in [-0.15, -0.1) is 0 Å². The molecule has 2 heteroatoms. The lowest BCUT2D eigenvalue weighted by molar-refractivity contribution is -0.108. The van der Waals surface area contributed by atoms with Crippen molar-refractivity contribution in [2.75, 3.05) is 13.2 Å². The molecule has 1 saturated heterocycles. The summed E-state index contributed by atoms with van der Waals surface area (Å²) in [4.78, 5) is 9.92. The second-order valence-corrected chi connectivity index (χ2v) is 2.47. The second kappa shape index (κ2) is 3.62. The number of ether oxygens (including phenoxy) is 1. The zero-order valence-electron chi connectivity index (χ0n) is 5.51. The molecule has 1 fully saturated rings. The van der Waals surface area contributed by atoms with Crippen molar-refractivity contribution in [2.24, 2.45) is 5.92 Å². The van der Waals surface area contributed by atoms with Crippen molar-refractivity contribution in [3.05, 3.63) is 0 Å². The Balaban J connectivity index is 2.04. The lowest BCUT2D eigenvalue weighted by atomic mass is 10.0. The van der Waals surface area contributed by atoms with E-state index >= 15 is 0 Å². The molecule has 0 aliphatic carbocycles. The second-order valence-electron chi connectivity index (χ2n) is 2.47. The van der Waals surface area contributed by atoms with Gasteiger partial charge in [0.25, 0.3) is 0 Å². The van der Waals surface area contributed by atoms with Crippen LogP contribution in [0.4, 0.5) is 0 Å². The van der Waals surface area contributed by atoms with Crippen LogP contribution in [0.15, 0.2) is 0 Å². The smallest absolute Gasteiger partial charge is 0.120 e. The Labute approximate surface area is 55.2 Å². The fourth-order valence-electron chi connectivity index (χ4n) is 1.11. The van der Waals surface area contributed by atoms with Crippen LogP contribution in [-0.4, -0.2) is 19.5 Å². The van der Waals surface area contributed by atoms with Crippen molar-refractivity contribution >= 4 is 6.29 Å². The van der Waals surface area contributed by atoms with Gasteiger partial charge in [0.05, 0.1) is 0 Å². The van der Waals surface area contributed by atoms with Crippen molar-refractivity contribution in [1.29, 1.82) is 0 Å². The summed E-state index contributed by atoms with van der Waals surface area (Å²) in [6.07, 6.45) is 3.85. The van der Waals surface area contributed by atoms with Crippen LogP contribution in [0.5, 0.6) is 0 Å². The molecule has 52 valence electrons. The molecule has 1 rings (SSSR count). The highest BCUT2D eigenvalue weighted by Gasteiger charge is 2.13. The average molecular weight is 128 g/mol. The molecule has 0 spiro atoms. The van der Waals surface area contributed by atoms with Crippen LogP contribution in [0, 0.1) is 5.92 Å². The Morgan fingerprint density at radius 3 is 3.11 bits per heavy atom. The van der Waals surface area contributed by atoms with Crippen molar-refractivity contribution in [2.45, 2.75) is 19.3 Å². The van der Waals surface area contributed by atoms with Crippen LogP contribution in [0.3, 0.4) is 0 Å². The summed E-state index contributed by atoms with van der Waals surface area (Å²) in [7, 11) is 0. The Hall–Kier alpha value is -0.370. The number of rotatable bonds is 3. The molecular formula is C7H12O2. The van der Waals surface area contributed by atoms with E-state index in [2.05, 4.69) is 0 Å². The molecule has 0 N–H and O–H groups in total. The van der Waals surface area contributed by atoms with E-state index in [1.165, 1.54) is 0 Å². The minimum atomic E-state index is 0.662. The molecule has 1 unspecified atom stereocenters. The first-order valence-corrected chi connectivity index (χ1v) is 3.45. The van der Waals surface area contributed by atoms with Gasteiger partial charge in [-0.05, 0) is 18.8 Å². The summed E-state index contributed by atoms with van der Waals surface area (Å²) in [6, 6.07) is 0. The minimum absolute atomic E-state index is 0.662. The van der Waals surface area contributed by atoms with Gasteiger partial charge in [0.1, 0.15) is 6.29 Å². The Morgan fingerprint density at radius 1 is 1.67 bits per heavy atom. The number of hydrogen-bond acceptors (Lipinski definition) is 2. The Morgan fingerprint density at radius 2 is 2.56 bits per heavy atom. The van der Waals surface area contributed by atoms with Crippen molar-refractivity contribution < 1.29 is 9.53 Å². The van der Waals surface area contributed by atoms with Crippen LogP contribution < -0.4 is 0 Å². The largest absolute Gasteiger partial charge is 0.381 e. The lowest BCUT2D eigenvalue weighted by Crippen LogP contribution is -1.98. The molecule has 1 aliphatic heterocycles. The molecular weight excluding hydrogens is 116 g/mol. The molecule has 0 aromatic carbocycles. The van der Waals surface area contributed by atoms with Gasteiger partial charge in [-0.3, -0.25) is 0 Å². The first kappa shape index (κ1) is 6.75. The van der Waals surface area contributed by atoms with E-state index in [4.69, 9.17) is 4.74 Å². The van der Waals surface area contributed by atoms with Gasteiger partial charge in [-0.25, -0.2) is 0 Å². The molecule has 1 aliphatic rings. The fraction of sp³-hybridized carbons (Fsp3) is 0.857. The van der Waals surface area contributed by atoms with Crippen LogP contribution in [0.1, 0.15) is 19.3 Å². The molecule has 2 nitrogen and oxygen atoms in total. The van der Waals surface area contributed by atoms with Gasteiger partial charge >= 0.3 is 0 Å². The third-order valence-corrected chi connectivity index (χ3v) is 1.72. The van der Waals surface area contributed by atoms with Gasteiger partial charge in [-0.1, -0.05) is 0 Å². The number of carbonyl (C=O) groups is 1. The maximum absolute atomic E-state index is 9.92. The quantitative estimate of drug-likeness (QED) is 0.530. The van der Waals surface area contributed by atoms with Gasteiger partial charge < -0.3 is 9.53 Å². The van der Waals surface area contributed by atoms with E-state index < -0.39 is 0 Å². The van der Waals surface area contributed by atoms with Gasteiger partial charge in [-0.2, -0.15) is 0 Å². The molecule has 9 heavy (non-hydrogen) atoms. The summed E-state index contributed by atoms with van der Waals surface area (Å²) < 4.78 is 5.14. The third kappa shape index (κ3) is 2.14. The van der Waals surface area contributed by atoms with Crippen molar-refractivity contribution in [1.82, 2.24) is 0 Å². The molecule has 1 atom stereocenters. The van der Waals surface area contributed by atoms with E-state index in [0.717, 1.165) is 32.3 Å². The predicted molar refractivity (Wildman–Crippen MR) is 34.2 cm³/mol. The molecule has 1 heterocycles. The van der Waals surface area contributed by atoms with Crippen LogP contribution in [0.2, 0.25) is 0 Å². The number of hydrogen-bond donors (Lipinski definition) is 0. The fourth-order valence-corrected chi connectivity index (χ4v) is 1.11. The van der Waals surface area contributed by atoms with E-state index in [1.807, 2.05) is 0 Å². The summed E-state index contributed by atoms with van der Waals surface area (Å²) in [5, 5.41) is 0. The van der Waals surface area contributed by atoms with Gasteiger partial charge in [0.15, 0.2) is 0 Å². The lowest BCUT2D eigenvalue weighted by Gasteiger charge is -2.00. The zero-order chi connectivity index (χ0) is 6.53. The maximum Gasteiger partial charge on any atom is 0.120 e. The molecule has 0 aromatic rings. The highest BCUT2D eigenvalue weighted by Crippen LogP contribution is 2.16. The summed E-state index contributed by atoms with van der Waals surface area (Å²) in [5.41, 5.74) is 0. The minimum Gasteiger partial charge on any atom is -0.381 e. The molecule has 0 saturated carbocycles. The highest BCUT2D eigenvalue weighted by atomic mass is 16.5. The average Bonchev–Trinajstić information content (AvgIpc) is 2.34. The topological polar surface area (TPSA) is 26.3 Å². The third-order valence-electron chi connectivity index (χ3n) is 1.72. The van der Waals surface area contributed by atoms with E-state index in [0.29, 0.717) is 12.3 Å². The first-order chi connectivity index (χ1) is 4.43. The van der Waals surface area contributed by atoms with E-state index in [-0.39, 0.29) is 0 Å². The van der Waals surface area contributed by atoms with E-state index in [1.54, 1.807) is 0 Å². The molecule has 0 radical (unpaired) electrons. The Bertz CT molecular complexity index is 84.9. The van der Waals surface area contributed by atoms with E-state index in [9.17, 15) is 4.79 Å². The van der Waals surface area contributed by atoms with Crippen molar-refractivity contribution in [3.63, 3.8) is 0 Å². The highest BCUT2D eigenvalue weighted by molar-refractivity contribution is 5.49. The predicted octanol–water partition coefficient (Wildman–Crippen LogP) is 1.00. The van der Waals surface area contributed by atoms with Crippen molar-refractivity contribution in [3.8, 4) is 0 Å². The Kier molecular flexibility index (Phi) is 2.71. The molecule has 0 aromatic heterocycles. The number of aldehydes is 1. The summed E-state index contributed by atoms with van der Waals surface area (Å²) in [6.45, 7) is 1.76. The summed E-state index contributed by atoms with van der Waals surface area (Å²) >= 11 is 0. The molecule has 0 bridgehead atoms. The normalized spacial score (nSPS) is 26.4. The monoisotopic (exact) mass is 128 g/mol. The van der Waals surface area contributed by atoms with Crippen LogP contribution >= 0.6 is 0 Å². The zero-order valence-corrected chi connectivity index (χ0v) is 5.51. The molecule has 0 amide bonds. The van der Waals surface area contributed by atoms with Crippen LogP contribution in [-0.2, 0) is 9.53 Å². The van der Waals surface area contributed by atoms with Gasteiger partial charge in [0.2, 0.25) is 0 Å². The first-order valence-electron chi connectivity index (χ1n) is 3.45. The van der Waals surface area contributed by atoms with Crippen LogP contribution in [0.25, 0.3) is 0 Å². The standard InChI is InChI=1S/C7H12O2/c8-4-1-2-7-3-5-9-6-7/h4,7H,1-3,5-6H2.